The van der Waals surface area contributed by atoms with E-state index in [1.54, 1.807) is 34.6 Å². The van der Waals surface area contributed by atoms with E-state index in [0.29, 0.717) is 12.8 Å². The molecule has 1 heterocycles. The van der Waals surface area contributed by atoms with E-state index in [1.165, 1.54) is 13.8 Å². The van der Waals surface area contributed by atoms with Gasteiger partial charge in [0.15, 0.2) is 0 Å². The molecular formula is C15H26N2O4. The number of hydrogen-bond donors (Lipinski definition) is 1. The number of rotatable bonds is 2. The van der Waals surface area contributed by atoms with Gasteiger partial charge in [-0.2, -0.15) is 5.06 Å². The van der Waals surface area contributed by atoms with Crippen molar-refractivity contribution in [2.45, 2.75) is 72.4 Å². The Morgan fingerprint density at radius 2 is 1.52 bits per heavy atom. The number of imide groups is 3. The van der Waals surface area contributed by atoms with Crippen LogP contribution in [-0.4, -0.2) is 44.0 Å². The van der Waals surface area contributed by atoms with Crippen LogP contribution in [0.4, 0.5) is 0 Å². The molecule has 120 valence electrons. The van der Waals surface area contributed by atoms with E-state index in [-0.39, 0.29) is 0 Å². The summed E-state index contributed by atoms with van der Waals surface area (Å²) in [7, 11) is 0. The van der Waals surface area contributed by atoms with Crippen molar-refractivity contribution < 1.29 is 19.6 Å². The second-order valence-corrected chi connectivity index (χ2v) is 7.11. The van der Waals surface area contributed by atoms with Crippen LogP contribution in [0.2, 0.25) is 0 Å². The molecule has 0 atom stereocenters. The van der Waals surface area contributed by atoms with Crippen molar-refractivity contribution in [2.24, 2.45) is 5.41 Å². The first kappa shape index (κ1) is 17.8. The molecule has 0 unspecified atom stereocenters. The van der Waals surface area contributed by atoms with Crippen molar-refractivity contribution >= 4 is 17.7 Å². The Balaban J connectivity index is 3.50. The SMILES string of the molecule is CCC1(CC)C(=O)N(C(=O)C(C)(C)C)C(=O)C(C)(C)N1O. The Morgan fingerprint density at radius 1 is 1.10 bits per heavy atom. The number of carbonyl (C=O) groups is 3. The normalized spacial score (nSPS) is 22.6. The summed E-state index contributed by atoms with van der Waals surface area (Å²) in [4.78, 5) is 38.6. The van der Waals surface area contributed by atoms with Crippen LogP contribution in [0.1, 0.15) is 61.3 Å². The number of hydrogen-bond acceptors (Lipinski definition) is 5. The van der Waals surface area contributed by atoms with Crippen LogP contribution in [0.5, 0.6) is 0 Å². The predicted octanol–water partition coefficient (Wildman–Crippen LogP) is 1.96. The van der Waals surface area contributed by atoms with Gasteiger partial charge in [-0.25, -0.2) is 4.90 Å². The minimum Gasteiger partial charge on any atom is -0.312 e. The number of carbonyl (C=O) groups excluding carboxylic acids is 3. The molecule has 0 bridgehead atoms. The minimum absolute atomic E-state index is 0.309. The maximum absolute atomic E-state index is 12.8. The quantitative estimate of drug-likeness (QED) is 0.788. The van der Waals surface area contributed by atoms with Gasteiger partial charge in [-0.3, -0.25) is 14.4 Å². The summed E-state index contributed by atoms with van der Waals surface area (Å²) in [5.74, 6) is -1.86. The lowest BCUT2D eigenvalue weighted by Gasteiger charge is -2.52. The Kier molecular flexibility index (Phi) is 4.38. The van der Waals surface area contributed by atoms with Crippen LogP contribution < -0.4 is 0 Å². The van der Waals surface area contributed by atoms with E-state index < -0.39 is 34.2 Å². The molecule has 1 N–H and O–H groups in total. The Hall–Kier alpha value is -1.27. The molecule has 0 aliphatic carbocycles. The van der Waals surface area contributed by atoms with Crippen molar-refractivity contribution in [1.29, 1.82) is 0 Å². The van der Waals surface area contributed by atoms with Crippen LogP contribution in [0.15, 0.2) is 0 Å². The van der Waals surface area contributed by atoms with Gasteiger partial charge in [0.2, 0.25) is 5.91 Å². The van der Waals surface area contributed by atoms with E-state index in [2.05, 4.69) is 0 Å². The van der Waals surface area contributed by atoms with Crippen molar-refractivity contribution in [3.8, 4) is 0 Å². The fraction of sp³-hybridized carbons (Fsp3) is 0.800. The predicted molar refractivity (Wildman–Crippen MR) is 77.3 cm³/mol. The molecule has 0 saturated carbocycles. The average Bonchev–Trinajstić information content (AvgIpc) is 2.38. The zero-order chi connectivity index (χ0) is 16.8. The summed E-state index contributed by atoms with van der Waals surface area (Å²) in [6.07, 6.45) is 0.618. The van der Waals surface area contributed by atoms with Gasteiger partial charge in [0.1, 0.15) is 11.1 Å². The maximum Gasteiger partial charge on any atom is 0.258 e. The third kappa shape index (κ3) is 2.40. The van der Waals surface area contributed by atoms with E-state index in [9.17, 15) is 19.6 Å². The van der Waals surface area contributed by atoms with Gasteiger partial charge in [-0.1, -0.05) is 34.6 Å². The van der Waals surface area contributed by atoms with Gasteiger partial charge in [0.25, 0.3) is 11.8 Å². The first-order chi connectivity index (χ1) is 9.37. The third-order valence-corrected chi connectivity index (χ3v) is 4.28. The summed E-state index contributed by atoms with van der Waals surface area (Å²) in [6, 6.07) is 0. The molecule has 1 rings (SSSR count). The fourth-order valence-electron chi connectivity index (χ4n) is 2.66. The summed E-state index contributed by atoms with van der Waals surface area (Å²) in [5, 5.41) is 11.3. The second-order valence-electron chi connectivity index (χ2n) is 7.11. The molecule has 6 nitrogen and oxygen atoms in total. The smallest absolute Gasteiger partial charge is 0.258 e. The molecule has 1 saturated heterocycles. The molecule has 6 heteroatoms. The lowest BCUT2D eigenvalue weighted by Crippen LogP contribution is -2.75. The van der Waals surface area contributed by atoms with Gasteiger partial charge in [-0.15, -0.1) is 0 Å². The van der Waals surface area contributed by atoms with Crippen LogP contribution in [-0.2, 0) is 14.4 Å². The first-order valence-corrected chi connectivity index (χ1v) is 7.30. The maximum atomic E-state index is 12.8. The molecule has 0 aromatic rings. The molecule has 1 aliphatic rings. The summed E-state index contributed by atoms with van der Waals surface area (Å²) in [5.41, 5.74) is -3.44. The van der Waals surface area contributed by atoms with E-state index >= 15 is 0 Å². The largest absolute Gasteiger partial charge is 0.312 e. The van der Waals surface area contributed by atoms with Crippen molar-refractivity contribution in [3.63, 3.8) is 0 Å². The second kappa shape index (κ2) is 5.18. The topological polar surface area (TPSA) is 77.9 Å². The monoisotopic (exact) mass is 298 g/mol. The highest BCUT2D eigenvalue weighted by atomic mass is 16.5. The van der Waals surface area contributed by atoms with E-state index in [0.717, 1.165) is 9.96 Å². The van der Waals surface area contributed by atoms with Gasteiger partial charge >= 0.3 is 0 Å². The third-order valence-electron chi connectivity index (χ3n) is 4.28. The van der Waals surface area contributed by atoms with Crippen LogP contribution in [0.25, 0.3) is 0 Å². The number of piperazine rings is 1. The Labute approximate surface area is 126 Å². The molecule has 0 aromatic carbocycles. The molecule has 1 fully saturated rings. The lowest BCUT2D eigenvalue weighted by atomic mass is 9.81. The summed E-state index contributed by atoms with van der Waals surface area (Å²) < 4.78 is 0. The molecule has 0 spiro atoms. The highest BCUT2D eigenvalue weighted by Gasteiger charge is 2.61. The standard InChI is InChI=1S/C15H26N2O4/c1-8-15(9-2)12(20)16(10(18)13(3,4)5)11(19)14(6,7)17(15)21/h21H,8-9H2,1-7H3. The zero-order valence-electron chi connectivity index (χ0n) is 14.0. The Morgan fingerprint density at radius 3 is 1.86 bits per heavy atom. The molecular weight excluding hydrogens is 272 g/mol. The summed E-state index contributed by atoms with van der Waals surface area (Å²) in [6.45, 7) is 11.5. The van der Waals surface area contributed by atoms with Gasteiger partial charge in [0.05, 0.1) is 0 Å². The molecule has 21 heavy (non-hydrogen) atoms. The van der Waals surface area contributed by atoms with E-state index in [1.807, 2.05) is 0 Å². The molecule has 0 aromatic heterocycles. The van der Waals surface area contributed by atoms with Gasteiger partial charge < -0.3 is 5.21 Å². The highest BCUT2D eigenvalue weighted by Crippen LogP contribution is 2.38. The average molecular weight is 298 g/mol. The van der Waals surface area contributed by atoms with Gasteiger partial charge in [0, 0.05) is 5.41 Å². The number of nitrogens with zero attached hydrogens (tertiary/aromatic N) is 2. The molecule has 1 aliphatic heterocycles. The van der Waals surface area contributed by atoms with Crippen LogP contribution >= 0.6 is 0 Å². The Bertz CT molecular complexity index is 473. The van der Waals surface area contributed by atoms with E-state index in [4.69, 9.17) is 0 Å². The van der Waals surface area contributed by atoms with Crippen molar-refractivity contribution in [3.05, 3.63) is 0 Å². The highest BCUT2D eigenvalue weighted by molar-refractivity contribution is 6.18. The minimum atomic E-state index is -1.33. The number of amides is 3. The van der Waals surface area contributed by atoms with Crippen molar-refractivity contribution in [2.75, 3.05) is 0 Å². The van der Waals surface area contributed by atoms with Gasteiger partial charge in [-0.05, 0) is 26.7 Å². The van der Waals surface area contributed by atoms with Crippen molar-refractivity contribution in [1.82, 2.24) is 9.96 Å². The molecule has 0 radical (unpaired) electrons. The fourth-order valence-corrected chi connectivity index (χ4v) is 2.66. The van der Waals surface area contributed by atoms with Crippen LogP contribution in [0.3, 0.4) is 0 Å². The lowest BCUT2D eigenvalue weighted by molar-refractivity contribution is -0.250. The first-order valence-electron chi connectivity index (χ1n) is 7.30. The number of hydroxylamine groups is 2. The zero-order valence-corrected chi connectivity index (χ0v) is 14.0. The summed E-state index contributed by atoms with van der Waals surface area (Å²) >= 11 is 0. The molecule has 3 amide bonds. The van der Waals surface area contributed by atoms with Crippen LogP contribution in [0, 0.1) is 5.41 Å².